The van der Waals surface area contributed by atoms with Gasteiger partial charge in [0.05, 0.1) is 24.6 Å². The van der Waals surface area contributed by atoms with Crippen LogP contribution in [0.25, 0.3) is 11.0 Å². The first-order valence-electron chi connectivity index (χ1n) is 8.19. The van der Waals surface area contributed by atoms with Crippen molar-refractivity contribution in [3.63, 3.8) is 0 Å². The van der Waals surface area contributed by atoms with E-state index in [0.717, 1.165) is 21.8 Å². The summed E-state index contributed by atoms with van der Waals surface area (Å²) in [4.78, 5) is 8.97. The lowest BCUT2D eigenvalue weighted by Crippen LogP contribution is -2.24. The largest absolute Gasteiger partial charge is 0.394 e. The standard InChI is InChI=1S/C18H19N3O3S/c22-9-15-14(23)8-16(24-15)21-11-20-17-13(21)6-7-19-18(17)25-10-12-4-2-1-3-5-12/h1-7,11,14-16,22-23H,8-10H2/t14-,15+,16+/m0/s1. The van der Waals surface area contributed by atoms with E-state index in [-0.39, 0.29) is 12.8 Å². The fourth-order valence-corrected chi connectivity index (χ4v) is 3.97. The molecule has 0 amide bonds. The molecule has 0 radical (unpaired) electrons. The maximum atomic E-state index is 9.96. The molecule has 130 valence electrons. The number of hydrogen-bond acceptors (Lipinski definition) is 6. The summed E-state index contributed by atoms with van der Waals surface area (Å²) in [7, 11) is 0. The zero-order valence-electron chi connectivity index (χ0n) is 13.5. The number of fused-ring (bicyclic) bond motifs is 1. The number of aliphatic hydroxyl groups is 2. The van der Waals surface area contributed by atoms with Crippen molar-refractivity contribution >= 4 is 22.8 Å². The molecule has 1 saturated heterocycles. The molecule has 7 heteroatoms. The molecular weight excluding hydrogens is 338 g/mol. The van der Waals surface area contributed by atoms with Crippen LogP contribution in [0.5, 0.6) is 0 Å². The molecule has 3 aromatic rings. The van der Waals surface area contributed by atoms with Gasteiger partial charge in [-0.15, -0.1) is 0 Å². The van der Waals surface area contributed by atoms with Gasteiger partial charge in [0.25, 0.3) is 0 Å². The molecular formula is C18H19N3O3S. The number of thioether (sulfide) groups is 1. The molecule has 0 bridgehead atoms. The smallest absolute Gasteiger partial charge is 0.138 e. The van der Waals surface area contributed by atoms with Gasteiger partial charge in [0, 0.05) is 18.4 Å². The first-order chi connectivity index (χ1) is 12.3. The van der Waals surface area contributed by atoms with E-state index in [4.69, 9.17) is 4.74 Å². The molecule has 1 aliphatic heterocycles. The van der Waals surface area contributed by atoms with Crippen molar-refractivity contribution in [1.82, 2.24) is 14.5 Å². The highest BCUT2D eigenvalue weighted by atomic mass is 32.2. The van der Waals surface area contributed by atoms with Gasteiger partial charge in [0.2, 0.25) is 0 Å². The summed E-state index contributed by atoms with van der Waals surface area (Å²) in [5.41, 5.74) is 2.98. The van der Waals surface area contributed by atoms with Crippen molar-refractivity contribution in [2.75, 3.05) is 6.61 Å². The van der Waals surface area contributed by atoms with Gasteiger partial charge in [-0.1, -0.05) is 42.1 Å². The lowest BCUT2D eigenvalue weighted by atomic mass is 10.2. The van der Waals surface area contributed by atoms with Gasteiger partial charge in [-0.3, -0.25) is 0 Å². The van der Waals surface area contributed by atoms with E-state index < -0.39 is 12.2 Å². The number of ether oxygens (including phenoxy) is 1. The van der Waals surface area contributed by atoms with E-state index in [0.29, 0.717) is 6.42 Å². The van der Waals surface area contributed by atoms with E-state index in [2.05, 4.69) is 22.1 Å². The van der Waals surface area contributed by atoms with Gasteiger partial charge in [0.1, 0.15) is 22.9 Å². The second-order valence-electron chi connectivity index (χ2n) is 6.02. The van der Waals surface area contributed by atoms with Crippen molar-refractivity contribution in [3.05, 3.63) is 54.5 Å². The highest BCUT2D eigenvalue weighted by Crippen LogP contribution is 2.33. The minimum absolute atomic E-state index is 0.190. The van der Waals surface area contributed by atoms with Crippen molar-refractivity contribution < 1.29 is 14.9 Å². The number of aliphatic hydroxyl groups excluding tert-OH is 2. The number of benzene rings is 1. The Morgan fingerprint density at radius 1 is 1.20 bits per heavy atom. The first kappa shape index (κ1) is 16.5. The molecule has 1 fully saturated rings. The van der Waals surface area contributed by atoms with Crippen molar-refractivity contribution in [2.24, 2.45) is 0 Å². The highest BCUT2D eigenvalue weighted by molar-refractivity contribution is 7.98. The summed E-state index contributed by atoms with van der Waals surface area (Å²) in [6.07, 6.45) is 2.38. The lowest BCUT2D eigenvalue weighted by molar-refractivity contribution is -0.0430. The summed E-state index contributed by atoms with van der Waals surface area (Å²) in [6.45, 7) is -0.190. The first-order valence-corrected chi connectivity index (χ1v) is 9.17. The molecule has 0 aliphatic carbocycles. The SMILES string of the molecule is OC[C@H]1O[C@@H](n2cnc3c(SCc4ccccc4)nccc32)C[C@@H]1O. The molecule has 2 aromatic heterocycles. The van der Waals surface area contributed by atoms with Crippen LogP contribution in [0.3, 0.4) is 0 Å². The van der Waals surface area contributed by atoms with Gasteiger partial charge in [-0.2, -0.15) is 0 Å². The maximum absolute atomic E-state index is 9.96. The fraction of sp³-hybridized carbons (Fsp3) is 0.333. The number of nitrogens with zero attached hydrogens (tertiary/aromatic N) is 3. The fourth-order valence-electron chi connectivity index (χ4n) is 3.05. The van der Waals surface area contributed by atoms with Crippen LogP contribution < -0.4 is 0 Å². The normalized spacial score (nSPS) is 23.4. The zero-order valence-corrected chi connectivity index (χ0v) is 14.3. The summed E-state index contributed by atoms with van der Waals surface area (Å²) in [6, 6.07) is 12.1. The van der Waals surface area contributed by atoms with E-state index in [1.165, 1.54) is 5.56 Å². The second-order valence-corrected chi connectivity index (χ2v) is 6.99. The Hall–Kier alpha value is -1.93. The van der Waals surface area contributed by atoms with Crippen LogP contribution in [0.15, 0.2) is 53.9 Å². The minimum Gasteiger partial charge on any atom is -0.394 e. The Balaban J connectivity index is 1.58. The molecule has 4 rings (SSSR count). The van der Waals surface area contributed by atoms with Crippen LogP contribution in [0, 0.1) is 0 Å². The Kier molecular flexibility index (Phi) is 4.72. The molecule has 25 heavy (non-hydrogen) atoms. The third-order valence-corrected chi connectivity index (χ3v) is 5.42. The lowest BCUT2D eigenvalue weighted by Gasteiger charge is -2.14. The van der Waals surface area contributed by atoms with Crippen molar-refractivity contribution in [2.45, 2.75) is 35.6 Å². The minimum atomic E-state index is -0.666. The zero-order chi connectivity index (χ0) is 17.2. The molecule has 6 nitrogen and oxygen atoms in total. The van der Waals surface area contributed by atoms with E-state index in [1.54, 1.807) is 24.3 Å². The molecule has 0 spiro atoms. The average Bonchev–Trinajstić information content (AvgIpc) is 3.24. The monoisotopic (exact) mass is 357 g/mol. The van der Waals surface area contributed by atoms with Gasteiger partial charge >= 0.3 is 0 Å². The Bertz CT molecular complexity index is 855. The average molecular weight is 357 g/mol. The van der Waals surface area contributed by atoms with Crippen LogP contribution in [0.1, 0.15) is 18.2 Å². The Labute approximate surface area is 149 Å². The summed E-state index contributed by atoms with van der Waals surface area (Å²) >= 11 is 1.65. The second kappa shape index (κ2) is 7.13. The number of pyridine rings is 1. The third kappa shape index (κ3) is 3.28. The van der Waals surface area contributed by atoms with Gasteiger partial charge in [-0.05, 0) is 11.6 Å². The highest BCUT2D eigenvalue weighted by Gasteiger charge is 2.35. The molecule has 3 heterocycles. The Morgan fingerprint density at radius 3 is 2.80 bits per heavy atom. The van der Waals surface area contributed by atoms with Crippen LogP contribution in [-0.4, -0.2) is 43.6 Å². The molecule has 0 saturated carbocycles. The van der Waals surface area contributed by atoms with Crippen molar-refractivity contribution in [3.8, 4) is 0 Å². The predicted octanol–water partition coefficient (Wildman–Crippen LogP) is 2.36. The molecule has 2 N–H and O–H groups in total. The van der Waals surface area contributed by atoms with E-state index in [9.17, 15) is 10.2 Å². The summed E-state index contributed by atoms with van der Waals surface area (Å²) in [5, 5.41) is 20.1. The van der Waals surface area contributed by atoms with Gasteiger partial charge in [0.15, 0.2) is 0 Å². The number of rotatable bonds is 5. The topological polar surface area (TPSA) is 80.4 Å². The number of hydrogen-bond donors (Lipinski definition) is 2. The van der Waals surface area contributed by atoms with Gasteiger partial charge < -0.3 is 19.5 Å². The van der Waals surface area contributed by atoms with Gasteiger partial charge in [-0.25, -0.2) is 9.97 Å². The molecule has 1 aromatic carbocycles. The molecule has 0 unspecified atom stereocenters. The van der Waals surface area contributed by atoms with Crippen molar-refractivity contribution in [1.29, 1.82) is 0 Å². The van der Waals surface area contributed by atoms with E-state index in [1.807, 2.05) is 28.8 Å². The van der Waals surface area contributed by atoms with E-state index >= 15 is 0 Å². The molecule has 3 atom stereocenters. The maximum Gasteiger partial charge on any atom is 0.138 e. The summed E-state index contributed by atoms with van der Waals surface area (Å²) < 4.78 is 7.65. The predicted molar refractivity (Wildman–Crippen MR) is 95.2 cm³/mol. The number of aromatic nitrogens is 3. The van der Waals surface area contributed by atoms with Crippen LogP contribution >= 0.6 is 11.8 Å². The number of imidazole rings is 1. The molecule has 1 aliphatic rings. The van der Waals surface area contributed by atoms with Crippen LogP contribution in [-0.2, 0) is 10.5 Å². The van der Waals surface area contributed by atoms with Crippen LogP contribution in [0.2, 0.25) is 0 Å². The summed E-state index contributed by atoms with van der Waals surface area (Å²) in [5.74, 6) is 0.824. The third-order valence-electron chi connectivity index (χ3n) is 4.37. The van der Waals surface area contributed by atoms with Crippen LogP contribution in [0.4, 0.5) is 0 Å². The Morgan fingerprint density at radius 2 is 2.04 bits per heavy atom. The quantitative estimate of drug-likeness (QED) is 0.683.